The van der Waals surface area contributed by atoms with Crippen LogP contribution < -0.4 is 4.90 Å². The number of rotatable bonds is 6. The quantitative estimate of drug-likeness (QED) is 0.172. The number of nitrogens with zero attached hydrogens (tertiary/aromatic N) is 2. The molecule has 0 amide bonds. The number of hydrogen-bond acceptors (Lipinski definition) is 1. The molecule has 2 nitrogen and oxygen atoms in total. The number of aromatic nitrogens is 1. The Morgan fingerprint density at radius 3 is 1.79 bits per heavy atom. The Kier molecular flexibility index (Phi) is 7.18. The van der Waals surface area contributed by atoms with Crippen molar-refractivity contribution in [2.75, 3.05) is 4.90 Å². The van der Waals surface area contributed by atoms with Gasteiger partial charge in [0, 0.05) is 33.2 Å². The second-order valence-electron chi connectivity index (χ2n) is 13.4. The number of hydrogen-bond donors (Lipinski definition) is 0. The summed E-state index contributed by atoms with van der Waals surface area (Å²) in [7, 11) is 0. The van der Waals surface area contributed by atoms with Crippen LogP contribution in [-0.4, -0.2) is 4.57 Å². The van der Waals surface area contributed by atoms with Crippen molar-refractivity contribution in [2.24, 2.45) is 0 Å². The molecule has 0 saturated carbocycles. The zero-order valence-corrected chi connectivity index (χ0v) is 28.5. The topological polar surface area (TPSA) is 8.17 Å². The van der Waals surface area contributed by atoms with Crippen LogP contribution in [0.25, 0.3) is 71.3 Å². The van der Waals surface area contributed by atoms with Gasteiger partial charge in [-0.2, -0.15) is 0 Å². The lowest BCUT2D eigenvalue weighted by Gasteiger charge is -2.27. The first kappa shape index (κ1) is 30.0. The van der Waals surface area contributed by atoms with Crippen molar-refractivity contribution >= 4 is 60.4 Å². The molecule has 0 N–H and O–H groups in total. The van der Waals surface area contributed by atoms with Crippen molar-refractivity contribution in [1.29, 1.82) is 0 Å². The molecule has 1 heterocycles. The lowest BCUT2D eigenvalue weighted by molar-refractivity contribution is 1.18. The van der Waals surface area contributed by atoms with Crippen molar-refractivity contribution in [2.45, 2.75) is 0 Å². The Bertz CT molecular complexity index is 2880. The van der Waals surface area contributed by atoms with Crippen LogP contribution in [-0.2, 0) is 0 Å². The first-order chi connectivity index (χ1) is 25.8. The van der Waals surface area contributed by atoms with Crippen molar-refractivity contribution < 1.29 is 0 Å². The summed E-state index contributed by atoms with van der Waals surface area (Å²) >= 11 is 0. The third-order valence-electron chi connectivity index (χ3n) is 10.4. The van der Waals surface area contributed by atoms with E-state index in [4.69, 9.17) is 0 Å². The van der Waals surface area contributed by atoms with E-state index in [0.29, 0.717) is 0 Å². The SMILES string of the molecule is c1ccc(-c2ccc(N(c3ccc4c(c3)c3ccccc3n4-c3ccccc3)c3cccc4cc(-c5cccc6ccccc56)ccc34)cc2)cc1. The second-order valence-corrected chi connectivity index (χ2v) is 13.4. The maximum atomic E-state index is 2.42. The van der Waals surface area contributed by atoms with E-state index in [2.05, 4.69) is 216 Å². The molecule has 0 aliphatic rings. The van der Waals surface area contributed by atoms with Gasteiger partial charge in [-0.05, 0) is 99.1 Å². The van der Waals surface area contributed by atoms with Crippen molar-refractivity contribution in [1.82, 2.24) is 4.57 Å². The monoisotopic (exact) mass is 662 g/mol. The lowest BCUT2D eigenvalue weighted by Crippen LogP contribution is -2.10. The smallest absolute Gasteiger partial charge is 0.0542 e. The van der Waals surface area contributed by atoms with Crippen LogP contribution in [0.4, 0.5) is 17.1 Å². The van der Waals surface area contributed by atoms with E-state index in [1.165, 1.54) is 65.6 Å². The fourth-order valence-electron chi connectivity index (χ4n) is 7.92. The molecule has 52 heavy (non-hydrogen) atoms. The predicted octanol–water partition coefficient (Wildman–Crippen LogP) is 13.9. The summed E-state index contributed by atoms with van der Waals surface area (Å²) in [5, 5.41) is 7.38. The number of benzene rings is 9. The van der Waals surface area contributed by atoms with Gasteiger partial charge in [0.25, 0.3) is 0 Å². The van der Waals surface area contributed by atoms with Gasteiger partial charge in [0.15, 0.2) is 0 Å². The average Bonchev–Trinajstić information content (AvgIpc) is 3.55. The van der Waals surface area contributed by atoms with E-state index in [0.717, 1.165) is 22.7 Å². The van der Waals surface area contributed by atoms with Gasteiger partial charge in [-0.15, -0.1) is 0 Å². The van der Waals surface area contributed by atoms with Gasteiger partial charge in [-0.3, -0.25) is 0 Å². The van der Waals surface area contributed by atoms with Gasteiger partial charge in [-0.25, -0.2) is 0 Å². The van der Waals surface area contributed by atoms with E-state index in [9.17, 15) is 0 Å². The summed E-state index contributed by atoms with van der Waals surface area (Å²) in [6.07, 6.45) is 0. The normalized spacial score (nSPS) is 11.5. The molecule has 1 aromatic heterocycles. The van der Waals surface area contributed by atoms with Crippen LogP contribution in [0, 0.1) is 0 Å². The molecule has 0 saturated heterocycles. The third-order valence-corrected chi connectivity index (χ3v) is 10.4. The van der Waals surface area contributed by atoms with Crippen LogP contribution >= 0.6 is 0 Å². The van der Waals surface area contributed by atoms with E-state index in [1.54, 1.807) is 0 Å². The molecule has 0 aliphatic heterocycles. The minimum absolute atomic E-state index is 1.11. The van der Waals surface area contributed by atoms with Gasteiger partial charge >= 0.3 is 0 Å². The Morgan fingerprint density at radius 1 is 0.327 bits per heavy atom. The van der Waals surface area contributed by atoms with Gasteiger partial charge in [0.2, 0.25) is 0 Å². The summed E-state index contributed by atoms with van der Waals surface area (Å²) in [6.45, 7) is 0. The fraction of sp³-hybridized carbons (Fsp3) is 0. The zero-order valence-electron chi connectivity index (χ0n) is 28.5. The maximum absolute atomic E-state index is 2.42. The number of anilines is 3. The minimum atomic E-state index is 1.11. The van der Waals surface area contributed by atoms with Crippen LogP contribution in [0.5, 0.6) is 0 Å². The highest BCUT2D eigenvalue weighted by molar-refractivity contribution is 6.11. The Hall–Kier alpha value is -6.90. The summed E-state index contributed by atoms with van der Waals surface area (Å²) in [4.78, 5) is 2.42. The second kappa shape index (κ2) is 12.5. The summed E-state index contributed by atoms with van der Waals surface area (Å²) in [6, 6.07) is 74.7. The van der Waals surface area contributed by atoms with Gasteiger partial charge in [0.05, 0.1) is 16.7 Å². The molecule has 10 rings (SSSR count). The van der Waals surface area contributed by atoms with Crippen molar-refractivity contribution in [3.8, 4) is 27.9 Å². The highest BCUT2D eigenvalue weighted by atomic mass is 15.1. The van der Waals surface area contributed by atoms with Crippen molar-refractivity contribution in [3.05, 3.63) is 206 Å². The Morgan fingerprint density at radius 2 is 0.942 bits per heavy atom. The molecule has 9 aromatic carbocycles. The molecule has 0 aliphatic carbocycles. The molecule has 0 bridgehead atoms. The van der Waals surface area contributed by atoms with Crippen LogP contribution in [0.1, 0.15) is 0 Å². The fourth-order valence-corrected chi connectivity index (χ4v) is 7.92. The summed E-state index contributed by atoms with van der Waals surface area (Å²) < 4.78 is 2.38. The van der Waals surface area contributed by atoms with Crippen LogP contribution in [0.2, 0.25) is 0 Å². The maximum Gasteiger partial charge on any atom is 0.0542 e. The third kappa shape index (κ3) is 5.04. The van der Waals surface area contributed by atoms with E-state index < -0.39 is 0 Å². The molecular formula is C50H34N2. The molecule has 0 spiro atoms. The molecule has 0 fully saturated rings. The molecule has 10 aromatic rings. The average molecular weight is 663 g/mol. The Labute approximate surface area is 303 Å². The first-order valence-electron chi connectivity index (χ1n) is 17.9. The highest BCUT2D eigenvalue weighted by Crippen LogP contribution is 2.43. The molecule has 0 radical (unpaired) electrons. The van der Waals surface area contributed by atoms with Crippen LogP contribution in [0.15, 0.2) is 206 Å². The number of fused-ring (bicyclic) bond motifs is 5. The number of para-hydroxylation sites is 2. The Balaban J connectivity index is 1.17. The molecule has 0 unspecified atom stereocenters. The molecule has 244 valence electrons. The van der Waals surface area contributed by atoms with E-state index in [1.807, 2.05) is 0 Å². The van der Waals surface area contributed by atoms with Crippen LogP contribution in [0.3, 0.4) is 0 Å². The molecule has 0 atom stereocenters. The van der Waals surface area contributed by atoms with Gasteiger partial charge in [-0.1, -0.05) is 146 Å². The highest BCUT2D eigenvalue weighted by Gasteiger charge is 2.19. The van der Waals surface area contributed by atoms with E-state index >= 15 is 0 Å². The first-order valence-corrected chi connectivity index (χ1v) is 17.9. The standard InChI is InChI=1S/C50H34N2/c1-3-13-35(14-4-1)36-25-28-41(29-26-36)51(42-30-32-50-47(34-42)46-21-9-10-23-49(46)52(50)40-18-5-2-6-19-40)48-24-12-17-38-33-39(27-31-45(38)48)44-22-11-16-37-15-7-8-20-43(37)44/h1-34H. The largest absolute Gasteiger partial charge is 0.310 e. The van der Waals surface area contributed by atoms with Crippen molar-refractivity contribution in [3.63, 3.8) is 0 Å². The summed E-state index contributed by atoms with van der Waals surface area (Å²) in [5.74, 6) is 0. The minimum Gasteiger partial charge on any atom is -0.310 e. The van der Waals surface area contributed by atoms with Gasteiger partial charge in [0.1, 0.15) is 0 Å². The van der Waals surface area contributed by atoms with Gasteiger partial charge < -0.3 is 9.47 Å². The molecule has 2 heteroatoms. The predicted molar refractivity (Wildman–Crippen MR) is 221 cm³/mol. The zero-order chi connectivity index (χ0) is 34.4. The molecular weight excluding hydrogens is 629 g/mol. The lowest BCUT2D eigenvalue weighted by atomic mass is 9.95. The summed E-state index contributed by atoms with van der Waals surface area (Å²) in [5.41, 5.74) is 11.8. The van der Waals surface area contributed by atoms with E-state index in [-0.39, 0.29) is 0 Å².